The van der Waals surface area contributed by atoms with Crippen molar-refractivity contribution in [2.75, 3.05) is 26.7 Å². The fraction of sp³-hybridized carbons (Fsp3) is 0.625. The van der Waals surface area contributed by atoms with Crippen molar-refractivity contribution in [3.63, 3.8) is 0 Å². The molecule has 7 nitrogen and oxygen atoms in total. The highest BCUT2D eigenvalue weighted by Crippen LogP contribution is 2.17. The molecule has 0 rings (SSSR count). The highest BCUT2D eigenvalue weighted by Gasteiger charge is 2.35. The Morgan fingerprint density at radius 1 is 1.22 bits per heavy atom. The highest BCUT2D eigenvalue weighted by atomic mass is 19.4. The summed E-state index contributed by atoms with van der Waals surface area (Å²) in [6, 6.07) is -1.24. The molecule has 0 fully saturated rings. The third kappa shape index (κ3) is 6.55. The van der Waals surface area contributed by atoms with E-state index in [9.17, 15) is 27.6 Å². The molecular formula is C8H12F3N3O4. The van der Waals surface area contributed by atoms with Crippen molar-refractivity contribution in [1.29, 1.82) is 0 Å². The molecule has 3 N–H and O–H groups in total. The van der Waals surface area contributed by atoms with Crippen LogP contribution < -0.4 is 5.73 Å². The number of aliphatic carboxylic acids is 1. The lowest BCUT2D eigenvalue weighted by atomic mass is 10.4. The summed E-state index contributed by atoms with van der Waals surface area (Å²) >= 11 is 0. The van der Waals surface area contributed by atoms with Gasteiger partial charge in [0.2, 0.25) is 5.91 Å². The van der Waals surface area contributed by atoms with Gasteiger partial charge in [0.05, 0.1) is 0 Å². The van der Waals surface area contributed by atoms with Crippen molar-refractivity contribution < 1.29 is 32.7 Å². The Bertz CT molecular complexity index is 345. The number of rotatable bonds is 5. The number of carbonyl (C=O) groups is 3. The van der Waals surface area contributed by atoms with Crippen LogP contribution >= 0.6 is 0 Å². The number of halogens is 3. The number of hydrogen-bond acceptors (Lipinski definition) is 3. The van der Waals surface area contributed by atoms with Crippen LogP contribution in [0.2, 0.25) is 0 Å². The molecule has 0 aromatic rings. The normalized spacial score (nSPS) is 10.9. The number of hydrogen-bond donors (Lipinski definition) is 2. The second-order valence-corrected chi connectivity index (χ2v) is 3.47. The topological polar surface area (TPSA) is 104 Å². The second kappa shape index (κ2) is 6.07. The first-order chi connectivity index (χ1) is 8.03. The minimum Gasteiger partial charge on any atom is -0.480 e. The zero-order valence-electron chi connectivity index (χ0n) is 9.40. The molecule has 0 spiro atoms. The number of urea groups is 1. The maximum Gasteiger partial charge on any atom is 0.406 e. The Labute approximate surface area is 99.9 Å². The maximum atomic E-state index is 12.1. The smallest absolute Gasteiger partial charge is 0.406 e. The Hall–Kier alpha value is -2.00. The lowest BCUT2D eigenvalue weighted by Gasteiger charge is -2.26. The first kappa shape index (κ1) is 16.0. The lowest BCUT2D eigenvalue weighted by Crippen LogP contribution is -2.49. The number of alkyl halides is 3. The van der Waals surface area contributed by atoms with Gasteiger partial charge in [-0.1, -0.05) is 0 Å². The molecule has 0 aromatic carbocycles. The minimum absolute atomic E-state index is 0.0608. The van der Waals surface area contributed by atoms with E-state index in [2.05, 4.69) is 0 Å². The van der Waals surface area contributed by atoms with Gasteiger partial charge in [-0.05, 0) is 0 Å². The molecule has 0 aliphatic rings. The summed E-state index contributed by atoms with van der Waals surface area (Å²) in [5, 5.41) is 8.42. The van der Waals surface area contributed by atoms with Crippen molar-refractivity contribution >= 4 is 17.9 Å². The van der Waals surface area contributed by atoms with Crippen molar-refractivity contribution in [2.24, 2.45) is 5.73 Å². The van der Waals surface area contributed by atoms with Crippen LogP contribution in [0, 0.1) is 0 Å². The molecule has 104 valence electrons. The van der Waals surface area contributed by atoms with E-state index >= 15 is 0 Å². The van der Waals surface area contributed by atoms with Gasteiger partial charge in [0.1, 0.15) is 19.6 Å². The summed E-state index contributed by atoms with van der Waals surface area (Å²) in [5.74, 6) is -2.52. The van der Waals surface area contributed by atoms with Crippen LogP contribution in [-0.2, 0) is 9.59 Å². The Morgan fingerprint density at radius 2 is 1.72 bits per heavy atom. The van der Waals surface area contributed by atoms with Gasteiger partial charge in [-0.3, -0.25) is 9.59 Å². The summed E-state index contributed by atoms with van der Waals surface area (Å²) in [5.41, 5.74) is 4.77. The van der Waals surface area contributed by atoms with Gasteiger partial charge in [-0.25, -0.2) is 4.79 Å². The molecule has 0 bridgehead atoms. The van der Waals surface area contributed by atoms with Crippen LogP contribution in [0.5, 0.6) is 0 Å². The molecule has 0 atom stereocenters. The quantitative estimate of drug-likeness (QED) is 0.701. The lowest BCUT2D eigenvalue weighted by molar-refractivity contribution is -0.149. The van der Waals surface area contributed by atoms with E-state index in [1.807, 2.05) is 0 Å². The number of nitrogens with zero attached hydrogens (tertiary/aromatic N) is 2. The molecule has 0 heterocycles. The van der Waals surface area contributed by atoms with Crippen LogP contribution in [0.4, 0.5) is 18.0 Å². The summed E-state index contributed by atoms with van der Waals surface area (Å²) < 4.78 is 36.4. The van der Waals surface area contributed by atoms with E-state index in [0.29, 0.717) is 4.90 Å². The van der Waals surface area contributed by atoms with E-state index in [0.717, 1.165) is 7.05 Å². The van der Waals surface area contributed by atoms with Gasteiger partial charge in [0.15, 0.2) is 0 Å². The van der Waals surface area contributed by atoms with Gasteiger partial charge in [-0.2, -0.15) is 13.2 Å². The van der Waals surface area contributed by atoms with Crippen LogP contribution in [0.25, 0.3) is 0 Å². The zero-order chi connectivity index (χ0) is 14.5. The molecule has 0 aliphatic carbocycles. The van der Waals surface area contributed by atoms with Crippen LogP contribution in [0.1, 0.15) is 0 Å². The first-order valence-electron chi connectivity index (χ1n) is 4.60. The standard InChI is InChI=1S/C8H12F3N3O4/c1-13(2-5(12)15)7(18)14(3-6(16)17)4-8(9,10)11/h2-4H2,1H3,(H2,12,15)(H,16,17). The van der Waals surface area contributed by atoms with Gasteiger partial charge in [0, 0.05) is 7.05 Å². The molecule has 10 heteroatoms. The van der Waals surface area contributed by atoms with Crippen LogP contribution in [0.3, 0.4) is 0 Å². The van der Waals surface area contributed by atoms with Crippen LogP contribution in [-0.4, -0.2) is 65.7 Å². The average molecular weight is 271 g/mol. The number of primary amides is 1. The number of amides is 3. The highest BCUT2D eigenvalue weighted by molar-refractivity contribution is 5.84. The van der Waals surface area contributed by atoms with E-state index in [-0.39, 0.29) is 4.90 Å². The van der Waals surface area contributed by atoms with E-state index in [1.165, 1.54) is 0 Å². The van der Waals surface area contributed by atoms with Crippen molar-refractivity contribution in [3.8, 4) is 0 Å². The fourth-order valence-electron chi connectivity index (χ4n) is 1.11. The van der Waals surface area contributed by atoms with Crippen molar-refractivity contribution in [1.82, 2.24) is 9.80 Å². The second-order valence-electron chi connectivity index (χ2n) is 3.47. The van der Waals surface area contributed by atoms with Crippen molar-refractivity contribution in [3.05, 3.63) is 0 Å². The fourth-order valence-corrected chi connectivity index (χ4v) is 1.11. The summed E-state index contributed by atoms with van der Waals surface area (Å²) in [7, 11) is 1.04. The number of nitrogens with two attached hydrogens (primary N) is 1. The number of likely N-dealkylation sites (N-methyl/N-ethyl adjacent to an activating group) is 1. The minimum atomic E-state index is -4.74. The van der Waals surface area contributed by atoms with E-state index in [1.54, 1.807) is 0 Å². The Kier molecular flexibility index (Phi) is 5.40. The van der Waals surface area contributed by atoms with Crippen LogP contribution in [0.15, 0.2) is 0 Å². The number of carbonyl (C=O) groups excluding carboxylic acids is 2. The van der Waals surface area contributed by atoms with E-state index < -0.39 is 43.7 Å². The molecule has 0 saturated heterocycles. The van der Waals surface area contributed by atoms with Crippen molar-refractivity contribution in [2.45, 2.75) is 6.18 Å². The first-order valence-corrected chi connectivity index (χ1v) is 4.60. The molecule has 0 saturated carbocycles. The van der Waals surface area contributed by atoms with Gasteiger partial charge < -0.3 is 20.6 Å². The third-order valence-electron chi connectivity index (χ3n) is 1.69. The predicted molar refractivity (Wildman–Crippen MR) is 52.5 cm³/mol. The number of carboxylic acid groups (broad SMARTS) is 1. The molecule has 0 aromatic heterocycles. The summed E-state index contributed by atoms with van der Waals surface area (Å²) in [6.45, 7) is -3.45. The molecule has 3 amide bonds. The van der Waals surface area contributed by atoms with Gasteiger partial charge in [0.25, 0.3) is 0 Å². The Balaban J connectivity index is 4.78. The SMILES string of the molecule is CN(CC(N)=O)C(=O)N(CC(=O)O)CC(F)(F)F. The Morgan fingerprint density at radius 3 is 2.06 bits per heavy atom. The zero-order valence-corrected chi connectivity index (χ0v) is 9.40. The maximum absolute atomic E-state index is 12.1. The monoisotopic (exact) mass is 271 g/mol. The number of carboxylic acids is 1. The third-order valence-corrected chi connectivity index (χ3v) is 1.69. The predicted octanol–water partition coefficient (Wildman–Crippen LogP) is -0.528. The molecule has 0 radical (unpaired) electrons. The van der Waals surface area contributed by atoms with Gasteiger partial charge in [-0.15, -0.1) is 0 Å². The average Bonchev–Trinajstić information content (AvgIpc) is 2.11. The molecule has 0 unspecified atom stereocenters. The van der Waals surface area contributed by atoms with Gasteiger partial charge >= 0.3 is 18.2 Å². The molecular weight excluding hydrogens is 259 g/mol. The largest absolute Gasteiger partial charge is 0.480 e. The summed E-state index contributed by atoms with van der Waals surface area (Å²) in [6.07, 6.45) is -4.74. The molecule has 0 aliphatic heterocycles. The van der Waals surface area contributed by atoms with E-state index in [4.69, 9.17) is 10.8 Å². The summed E-state index contributed by atoms with van der Waals surface area (Å²) in [4.78, 5) is 33.0. The molecule has 18 heavy (non-hydrogen) atoms.